The van der Waals surface area contributed by atoms with Gasteiger partial charge >= 0.3 is 6.03 Å². The number of ketones is 1. The van der Waals surface area contributed by atoms with Crippen LogP contribution in [0.5, 0.6) is 0 Å². The molecule has 4 rings (SSSR count). The molecule has 174 valence electrons. The van der Waals surface area contributed by atoms with Gasteiger partial charge in [0, 0.05) is 36.2 Å². The van der Waals surface area contributed by atoms with E-state index in [0.717, 1.165) is 10.9 Å². The number of carbonyl (C=O) groups excluding carboxylic acids is 2. The molecular weight excluding hydrogens is 422 g/mol. The van der Waals surface area contributed by atoms with E-state index >= 15 is 0 Å². The van der Waals surface area contributed by atoms with Crippen molar-refractivity contribution < 1.29 is 19.1 Å². The number of hydrogen-bond donors (Lipinski definition) is 2. The van der Waals surface area contributed by atoms with E-state index in [9.17, 15) is 14.4 Å². The summed E-state index contributed by atoms with van der Waals surface area (Å²) < 4.78 is 11.6. The molecule has 1 aliphatic carbocycles. The van der Waals surface area contributed by atoms with Gasteiger partial charge in [0.15, 0.2) is 11.6 Å². The fraction of sp³-hybridized carbons (Fsp3) is 0.400. The zero-order valence-electron chi connectivity index (χ0n) is 19.1. The highest BCUT2D eigenvalue weighted by atomic mass is 16.7. The van der Waals surface area contributed by atoms with Crippen LogP contribution in [0.15, 0.2) is 59.2 Å². The summed E-state index contributed by atoms with van der Waals surface area (Å²) >= 11 is 0. The van der Waals surface area contributed by atoms with Crippen molar-refractivity contribution in [1.29, 1.82) is 0 Å². The Morgan fingerprint density at radius 2 is 1.88 bits per heavy atom. The molecule has 0 bridgehead atoms. The Morgan fingerprint density at radius 3 is 2.55 bits per heavy atom. The Morgan fingerprint density at radius 1 is 1.18 bits per heavy atom. The van der Waals surface area contributed by atoms with Crippen LogP contribution in [0.1, 0.15) is 38.8 Å². The SMILES string of the molecule is CC(c1c[nH]c(=O)c2ccccc12)N(CC1COC(C)(C)OC1)C(=O)NC1=CCC(=O)C=C1. The first-order valence-corrected chi connectivity index (χ1v) is 11.1. The minimum Gasteiger partial charge on any atom is -0.350 e. The van der Waals surface area contributed by atoms with Gasteiger partial charge in [-0.25, -0.2) is 4.79 Å². The molecule has 8 heteroatoms. The molecular formula is C25H29N3O5. The number of fused-ring (bicyclic) bond motifs is 1. The monoisotopic (exact) mass is 451 g/mol. The molecule has 1 atom stereocenters. The maximum atomic E-state index is 13.4. The number of aromatic nitrogens is 1. The van der Waals surface area contributed by atoms with Crippen molar-refractivity contribution in [2.24, 2.45) is 5.92 Å². The van der Waals surface area contributed by atoms with Crippen LogP contribution < -0.4 is 10.9 Å². The summed E-state index contributed by atoms with van der Waals surface area (Å²) in [4.78, 5) is 41.7. The molecule has 33 heavy (non-hydrogen) atoms. The zero-order chi connectivity index (χ0) is 23.6. The lowest BCUT2D eigenvalue weighted by molar-refractivity contribution is -0.263. The quantitative estimate of drug-likeness (QED) is 0.726. The van der Waals surface area contributed by atoms with E-state index in [1.807, 2.05) is 39.0 Å². The number of pyridine rings is 1. The largest absolute Gasteiger partial charge is 0.350 e. The topological polar surface area (TPSA) is 101 Å². The van der Waals surface area contributed by atoms with Gasteiger partial charge in [-0.1, -0.05) is 24.3 Å². The highest BCUT2D eigenvalue weighted by molar-refractivity contribution is 5.93. The summed E-state index contributed by atoms with van der Waals surface area (Å²) in [6.07, 6.45) is 6.70. The fourth-order valence-electron chi connectivity index (χ4n) is 4.09. The van der Waals surface area contributed by atoms with Crippen LogP contribution in [-0.2, 0) is 14.3 Å². The minimum atomic E-state index is -0.644. The van der Waals surface area contributed by atoms with Gasteiger partial charge in [0.05, 0.1) is 19.3 Å². The molecule has 2 aromatic rings. The second-order valence-electron chi connectivity index (χ2n) is 8.93. The lowest BCUT2D eigenvalue weighted by atomic mass is 10.00. The number of urea groups is 1. The first kappa shape index (κ1) is 22.9. The zero-order valence-corrected chi connectivity index (χ0v) is 19.1. The summed E-state index contributed by atoms with van der Waals surface area (Å²) in [7, 11) is 0. The normalized spacial score (nSPS) is 19.2. The average Bonchev–Trinajstić information content (AvgIpc) is 2.80. The van der Waals surface area contributed by atoms with Gasteiger partial charge in [-0.3, -0.25) is 9.59 Å². The molecule has 0 radical (unpaired) electrons. The molecule has 0 saturated carbocycles. The van der Waals surface area contributed by atoms with Gasteiger partial charge in [-0.05, 0) is 49.9 Å². The summed E-state index contributed by atoms with van der Waals surface area (Å²) in [6, 6.07) is 6.71. The molecule has 2 aliphatic rings. The molecule has 1 aliphatic heterocycles. The van der Waals surface area contributed by atoms with Gasteiger partial charge in [-0.15, -0.1) is 0 Å². The highest BCUT2D eigenvalue weighted by Crippen LogP contribution is 2.29. The summed E-state index contributed by atoms with van der Waals surface area (Å²) in [5, 5.41) is 4.28. The maximum Gasteiger partial charge on any atom is 0.322 e. The standard InChI is InChI=1S/C25H29N3O5/c1-16(22-12-26-23(30)21-7-5-4-6-20(21)22)28(13-17-14-32-25(2,3)33-15-17)24(31)27-18-8-10-19(29)11-9-18/h4-10,12,16-17H,11,13-15H2,1-3H3,(H,26,30)(H,27,31). The first-order chi connectivity index (χ1) is 15.7. The third-order valence-corrected chi connectivity index (χ3v) is 6.03. The van der Waals surface area contributed by atoms with Crippen LogP contribution in [0, 0.1) is 5.92 Å². The van der Waals surface area contributed by atoms with Crippen LogP contribution in [-0.4, -0.2) is 47.2 Å². The predicted molar refractivity (Wildman–Crippen MR) is 125 cm³/mol. The number of benzene rings is 1. The van der Waals surface area contributed by atoms with E-state index in [1.165, 1.54) is 6.08 Å². The lowest BCUT2D eigenvalue weighted by Gasteiger charge is -2.39. The van der Waals surface area contributed by atoms with Crippen molar-refractivity contribution >= 4 is 22.6 Å². The Hall–Kier alpha value is -3.23. The van der Waals surface area contributed by atoms with Crippen LogP contribution in [0.3, 0.4) is 0 Å². The number of hydrogen-bond acceptors (Lipinski definition) is 5. The number of aromatic amines is 1. The Kier molecular flexibility index (Phi) is 6.49. The molecule has 1 saturated heterocycles. The second kappa shape index (κ2) is 9.33. The number of allylic oxidation sites excluding steroid dienone is 3. The molecule has 1 fully saturated rings. The van der Waals surface area contributed by atoms with Gasteiger partial charge in [0.25, 0.3) is 5.56 Å². The van der Waals surface area contributed by atoms with Crippen molar-refractivity contribution in [3.63, 3.8) is 0 Å². The predicted octanol–water partition coefficient (Wildman–Crippen LogP) is 3.41. The number of amides is 2. The number of ether oxygens (including phenoxy) is 2. The van der Waals surface area contributed by atoms with Crippen molar-refractivity contribution in [3.05, 3.63) is 70.3 Å². The molecule has 1 aromatic carbocycles. The molecule has 1 aromatic heterocycles. The van der Waals surface area contributed by atoms with Crippen molar-refractivity contribution in [2.45, 2.75) is 39.0 Å². The van der Waals surface area contributed by atoms with Gasteiger partial charge in [0.1, 0.15) is 0 Å². The third kappa shape index (κ3) is 5.23. The highest BCUT2D eigenvalue weighted by Gasteiger charge is 2.32. The van der Waals surface area contributed by atoms with Crippen LogP contribution in [0.2, 0.25) is 0 Å². The van der Waals surface area contributed by atoms with Crippen LogP contribution in [0.25, 0.3) is 10.8 Å². The molecule has 1 unspecified atom stereocenters. The fourth-order valence-corrected chi connectivity index (χ4v) is 4.09. The molecule has 0 spiro atoms. The first-order valence-electron chi connectivity index (χ1n) is 11.1. The van der Waals surface area contributed by atoms with Gasteiger partial charge in [-0.2, -0.15) is 0 Å². The molecule has 2 N–H and O–H groups in total. The number of nitrogens with one attached hydrogen (secondary N) is 2. The number of rotatable bonds is 5. The van der Waals surface area contributed by atoms with Crippen molar-refractivity contribution in [3.8, 4) is 0 Å². The number of nitrogens with zero attached hydrogens (tertiary/aromatic N) is 1. The maximum absolute atomic E-state index is 13.4. The third-order valence-electron chi connectivity index (χ3n) is 6.03. The minimum absolute atomic E-state index is 0.00273. The van der Waals surface area contributed by atoms with Crippen LogP contribution >= 0.6 is 0 Å². The summed E-state index contributed by atoms with van der Waals surface area (Å²) in [6.45, 7) is 6.99. The van der Waals surface area contributed by atoms with E-state index in [4.69, 9.17) is 9.47 Å². The Labute approximate surface area is 192 Å². The summed E-state index contributed by atoms with van der Waals surface area (Å²) in [5.74, 6) is -0.663. The molecule has 2 heterocycles. The van der Waals surface area contributed by atoms with E-state index in [-0.39, 0.29) is 35.8 Å². The van der Waals surface area contributed by atoms with Gasteiger partial charge < -0.3 is 24.7 Å². The Bertz CT molecular complexity index is 1170. The smallest absolute Gasteiger partial charge is 0.322 e. The molecule has 8 nitrogen and oxygen atoms in total. The second-order valence-corrected chi connectivity index (χ2v) is 8.93. The number of carbonyl (C=O) groups is 2. The van der Waals surface area contributed by atoms with Crippen molar-refractivity contribution in [1.82, 2.24) is 15.2 Å². The summed E-state index contributed by atoms with van der Waals surface area (Å²) in [5.41, 5.74) is 1.25. The average molecular weight is 452 g/mol. The Balaban J connectivity index is 1.63. The van der Waals surface area contributed by atoms with E-state index in [2.05, 4.69) is 10.3 Å². The lowest BCUT2D eigenvalue weighted by Crippen LogP contribution is -2.48. The van der Waals surface area contributed by atoms with E-state index < -0.39 is 5.79 Å². The van der Waals surface area contributed by atoms with E-state index in [0.29, 0.717) is 30.8 Å². The van der Waals surface area contributed by atoms with Gasteiger partial charge in [0.2, 0.25) is 0 Å². The van der Waals surface area contributed by atoms with Crippen LogP contribution in [0.4, 0.5) is 4.79 Å². The van der Waals surface area contributed by atoms with Crippen molar-refractivity contribution in [2.75, 3.05) is 19.8 Å². The van der Waals surface area contributed by atoms with E-state index in [1.54, 1.807) is 29.3 Å². The molecule has 2 amide bonds. The number of H-pyrrole nitrogens is 1.